The average molecular weight is 140 g/mol. The lowest BCUT2D eigenvalue weighted by molar-refractivity contribution is -0.0968. The Kier molecular flexibility index (Phi) is 1.69. The van der Waals surface area contributed by atoms with Crippen LogP contribution < -0.4 is 0 Å². The van der Waals surface area contributed by atoms with E-state index < -0.39 is 0 Å². The average Bonchev–Trinajstić information content (AvgIpc) is 2.08. The SMILES string of the molecule is C1CCOC2(CC1)CCC2. The van der Waals surface area contributed by atoms with Crippen LogP contribution in [0, 0.1) is 0 Å². The summed E-state index contributed by atoms with van der Waals surface area (Å²) in [6.45, 7) is 1.03. The molecule has 1 saturated carbocycles. The molecule has 0 bridgehead atoms. The van der Waals surface area contributed by atoms with Gasteiger partial charge in [0.1, 0.15) is 0 Å². The highest BCUT2D eigenvalue weighted by Gasteiger charge is 2.37. The zero-order valence-electron chi connectivity index (χ0n) is 6.57. The van der Waals surface area contributed by atoms with Gasteiger partial charge in [-0.3, -0.25) is 0 Å². The number of hydrogen-bond donors (Lipinski definition) is 0. The Balaban J connectivity index is 1.92. The van der Waals surface area contributed by atoms with Crippen LogP contribution in [-0.2, 0) is 4.74 Å². The Labute approximate surface area is 62.8 Å². The number of rotatable bonds is 0. The predicted octanol–water partition coefficient (Wildman–Crippen LogP) is 2.50. The standard InChI is InChI=1S/C9H16O/c1-2-5-9(6-4-7-9)10-8-3-1/h1-8H2. The van der Waals surface area contributed by atoms with Crippen molar-refractivity contribution in [1.29, 1.82) is 0 Å². The molecule has 2 aliphatic rings. The fraction of sp³-hybridized carbons (Fsp3) is 1.00. The van der Waals surface area contributed by atoms with E-state index in [4.69, 9.17) is 4.74 Å². The summed E-state index contributed by atoms with van der Waals surface area (Å²) in [6, 6.07) is 0. The molecule has 0 unspecified atom stereocenters. The van der Waals surface area contributed by atoms with Gasteiger partial charge < -0.3 is 4.74 Å². The Morgan fingerprint density at radius 3 is 2.30 bits per heavy atom. The first kappa shape index (κ1) is 6.66. The smallest absolute Gasteiger partial charge is 0.0682 e. The molecule has 1 aliphatic carbocycles. The summed E-state index contributed by atoms with van der Waals surface area (Å²) in [5, 5.41) is 0. The fourth-order valence-corrected chi connectivity index (χ4v) is 2.05. The van der Waals surface area contributed by atoms with Gasteiger partial charge in [-0.15, -0.1) is 0 Å². The third kappa shape index (κ3) is 1.07. The highest BCUT2D eigenvalue weighted by atomic mass is 16.5. The van der Waals surface area contributed by atoms with Crippen molar-refractivity contribution in [2.75, 3.05) is 6.61 Å². The van der Waals surface area contributed by atoms with E-state index in [1.165, 1.54) is 44.9 Å². The molecule has 1 saturated heterocycles. The molecule has 2 fully saturated rings. The van der Waals surface area contributed by atoms with Crippen LogP contribution in [0.15, 0.2) is 0 Å². The number of ether oxygens (including phenoxy) is 1. The monoisotopic (exact) mass is 140 g/mol. The Morgan fingerprint density at radius 2 is 1.60 bits per heavy atom. The van der Waals surface area contributed by atoms with Gasteiger partial charge in [0.25, 0.3) is 0 Å². The summed E-state index contributed by atoms with van der Waals surface area (Å²) < 4.78 is 5.83. The predicted molar refractivity (Wildman–Crippen MR) is 41.0 cm³/mol. The molecule has 0 aromatic carbocycles. The van der Waals surface area contributed by atoms with Gasteiger partial charge in [0.2, 0.25) is 0 Å². The highest BCUT2D eigenvalue weighted by molar-refractivity contribution is 4.90. The Bertz CT molecular complexity index is 106. The van der Waals surface area contributed by atoms with E-state index in [0.29, 0.717) is 5.60 Å². The van der Waals surface area contributed by atoms with Crippen molar-refractivity contribution in [3.8, 4) is 0 Å². The van der Waals surface area contributed by atoms with Crippen LogP contribution in [0.5, 0.6) is 0 Å². The quantitative estimate of drug-likeness (QED) is 0.502. The third-order valence-corrected chi connectivity index (χ3v) is 2.95. The van der Waals surface area contributed by atoms with Gasteiger partial charge in [-0.2, -0.15) is 0 Å². The van der Waals surface area contributed by atoms with Crippen LogP contribution >= 0.6 is 0 Å². The van der Waals surface area contributed by atoms with Crippen molar-refractivity contribution in [2.45, 2.75) is 50.5 Å². The molecule has 10 heavy (non-hydrogen) atoms. The maximum atomic E-state index is 5.83. The normalized spacial score (nSPS) is 31.2. The topological polar surface area (TPSA) is 9.23 Å². The van der Waals surface area contributed by atoms with Crippen molar-refractivity contribution in [3.63, 3.8) is 0 Å². The lowest BCUT2D eigenvalue weighted by Crippen LogP contribution is -2.39. The molecule has 0 aromatic rings. The molecule has 0 amide bonds. The van der Waals surface area contributed by atoms with Crippen LogP contribution in [0.1, 0.15) is 44.9 Å². The summed E-state index contributed by atoms with van der Waals surface area (Å²) in [4.78, 5) is 0. The minimum atomic E-state index is 0.385. The van der Waals surface area contributed by atoms with Crippen LogP contribution in [-0.4, -0.2) is 12.2 Å². The maximum Gasteiger partial charge on any atom is 0.0682 e. The van der Waals surface area contributed by atoms with Crippen molar-refractivity contribution in [2.24, 2.45) is 0 Å². The fourth-order valence-electron chi connectivity index (χ4n) is 2.05. The molecule has 0 radical (unpaired) electrons. The molecule has 58 valence electrons. The first-order valence-corrected chi connectivity index (χ1v) is 4.55. The van der Waals surface area contributed by atoms with Crippen molar-refractivity contribution < 1.29 is 4.74 Å². The largest absolute Gasteiger partial charge is 0.375 e. The van der Waals surface area contributed by atoms with Gasteiger partial charge in [-0.25, -0.2) is 0 Å². The molecule has 1 spiro atoms. The van der Waals surface area contributed by atoms with E-state index in [9.17, 15) is 0 Å². The van der Waals surface area contributed by atoms with Gasteiger partial charge >= 0.3 is 0 Å². The van der Waals surface area contributed by atoms with Gasteiger partial charge in [-0.05, 0) is 32.1 Å². The first-order valence-electron chi connectivity index (χ1n) is 4.55. The molecule has 0 N–H and O–H groups in total. The van der Waals surface area contributed by atoms with Crippen LogP contribution in [0.25, 0.3) is 0 Å². The Morgan fingerprint density at radius 1 is 0.800 bits per heavy atom. The number of hydrogen-bond acceptors (Lipinski definition) is 1. The summed E-state index contributed by atoms with van der Waals surface area (Å²) in [6.07, 6.45) is 9.51. The zero-order chi connectivity index (χ0) is 6.86. The van der Waals surface area contributed by atoms with E-state index >= 15 is 0 Å². The molecular weight excluding hydrogens is 124 g/mol. The van der Waals surface area contributed by atoms with E-state index in [-0.39, 0.29) is 0 Å². The summed E-state index contributed by atoms with van der Waals surface area (Å²) in [5.41, 5.74) is 0.385. The second-order valence-electron chi connectivity index (χ2n) is 3.70. The highest BCUT2D eigenvalue weighted by Crippen LogP contribution is 2.41. The van der Waals surface area contributed by atoms with Gasteiger partial charge in [0.05, 0.1) is 5.60 Å². The lowest BCUT2D eigenvalue weighted by atomic mass is 9.77. The van der Waals surface area contributed by atoms with Crippen LogP contribution in [0.3, 0.4) is 0 Å². The molecule has 1 heteroatoms. The van der Waals surface area contributed by atoms with Crippen LogP contribution in [0.4, 0.5) is 0 Å². The van der Waals surface area contributed by atoms with Crippen molar-refractivity contribution >= 4 is 0 Å². The minimum absolute atomic E-state index is 0.385. The van der Waals surface area contributed by atoms with E-state index in [2.05, 4.69) is 0 Å². The first-order chi connectivity index (χ1) is 4.91. The second kappa shape index (κ2) is 2.54. The second-order valence-corrected chi connectivity index (χ2v) is 3.70. The Hall–Kier alpha value is -0.0400. The summed E-state index contributed by atoms with van der Waals surface area (Å²) >= 11 is 0. The van der Waals surface area contributed by atoms with E-state index in [1.807, 2.05) is 0 Å². The molecular formula is C9H16O. The minimum Gasteiger partial charge on any atom is -0.375 e. The molecule has 2 rings (SSSR count). The van der Waals surface area contributed by atoms with E-state index in [0.717, 1.165) is 6.61 Å². The molecule has 0 atom stereocenters. The maximum absolute atomic E-state index is 5.83. The van der Waals surface area contributed by atoms with E-state index in [1.54, 1.807) is 0 Å². The molecule has 1 heterocycles. The third-order valence-electron chi connectivity index (χ3n) is 2.95. The zero-order valence-corrected chi connectivity index (χ0v) is 6.57. The van der Waals surface area contributed by atoms with Crippen molar-refractivity contribution in [1.82, 2.24) is 0 Å². The van der Waals surface area contributed by atoms with Crippen LogP contribution in [0.2, 0.25) is 0 Å². The van der Waals surface area contributed by atoms with Crippen molar-refractivity contribution in [3.05, 3.63) is 0 Å². The summed E-state index contributed by atoms with van der Waals surface area (Å²) in [5.74, 6) is 0. The molecule has 1 nitrogen and oxygen atoms in total. The van der Waals surface area contributed by atoms with Gasteiger partial charge in [-0.1, -0.05) is 12.8 Å². The van der Waals surface area contributed by atoms with Gasteiger partial charge in [0, 0.05) is 6.61 Å². The molecule has 1 aliphatic heterocycles. The summed E-state index contributed by atoms with van der Waals surface area (Å²) in [7, 11) is 0. The van der Waals surface area contributed by atoms with Gasteiger partial charge in [0.15, 0.2) is 0 Å². The molecule has 0 aromatic heterocycles. The lowest BCUT2D eigenvalue weighted by Gasteiger charge is -2.40.